The largest absolute Gasteiger partial charge is 0.493 e. The lowest BCUT2D eigenvalue weighted by Gasteiger charge is -2.08. The molecule has 3 nitrogen and oxygen atoms in total. The average Bonchev–Trinajstić information content (AvgIpc) is 2.47. The molecule has 0 aliphatic rings. The van der Waals surface area contributed by atoms with Crippen molar-refractivity contribution in [1.82, 2.24) is 10.3 Å². The summed E-state index contributed by atoms with van der Waals surface area (Å²) in [7, 11) is 0. The van der Waals surface area contributed by atoms with E-state index in [4.69, 9.17) is 4.74 Å². The molecule has 0 amide bonds. The molecule has 1 aromatic heterocycles. The molecule has 0 aliphatic carbocycles. The van der Waals surface area contributed by atoms with Gasteiger partial charge in [0.1, 0.15) is 5.75 Å². The molecule has 0 fully saturated rings. The minimum Gasteiger partial charge on any atom is -0.493 e. The van der Waals surface area contributed by atoms with E-state index in [1.807, 2.05) is 36.5 Å². The monoisotopic (exact) mass is 256 g/mol. The first-order valence-corrected chi connectivity index (χ1v) is 6.71. The summed E-state index contributed by atoms with van der Waals surface area (Å²) in [6.07, 6.45) is 2.64. The SMILES string of the molecule is CCNCc1cccc(OCCc2ccccn2)c1. The quantitative estimate of drug-likeness (QED) is 0.827. The second-order valence-corrected chi connectivity index (χ2v) is 4.35. The third-order valence-electron chi connectivity index (χ3n) is 2.83. The van der Waals surface area contributed by atoms with Gasteiger partial charge in [-0.1, -0.05) is 25.1 Å². The highest BCUT2D eigenvalue weighted by molar-refractivity contribution is 5.28. The van der Waals surface area contributed by atoms with Crippen LogP contribution in [0, 0.1) is 0 Å². The zero-order valence-electron chi connectivity index (χ0n) is 11.3. The van der Waals surface area contributed by atoms with Crippen LogP contribution < -0.4 is 10.1 Å². The van der Waals surface area contributed by atoms with Crippen LogP contribution in [0.4, 0.5) is 0 Å². The van der Waals surface area contributed by atoms with Gasteiger partial charge in [0.15, 0.2) is 0 Å². The van der Waals surface area contributed by atoms with E-state index in [-0.39, 0.29) is 0 Å². The van der Waals surface area contributed by atoms with Crippen LogP contribution in [0.3, 0.4) is 0 Å². The Morgan fingerprint density at radius 2 is 2.11 bits per heavy atom. The molecule has 2 rings (SSSR count). The van der Waals surface area contributed by atoms with Gasteiger partial charge in [0.25, 0.3) is 0 Å². The van der Waals surface area contributed by atoms with E-state index in [1.54, 1.807) is 0 Å². The van der Waals surface area contributed by atoms with Crippen molar-refractivity contribution in [2.24, 2.45) is 0 Å². The van der Waals surface area contributed by atoms with Gasteiger partial charge in [0.05, 0.1) is 6.61 Å². The number of hydrogen-bond donors (Lipinski definition) is 1. The predicted octanol–water partition coefficient (Wildman–Crippen LogP) is 2.81. The Morgan fingerprint density at radius 3 is 2.89 bits per heavy atom. The van der Waals surface area contributed by atoms with Crippen molar-refractivity contribution in [2.45, 2.75) is 19.9 Å². The Labute approximate surface area is 114 Å². The molecular formula is C16H20N2O. The van der Waals surface area contributed by atoms with E-state index >= 15 is 0 Å². The summed E-state index contributed by atoms with van der Waals surface area (Å²) in [5.41, 5.74) is 2.31. The van der Waals surface area contributed by atoms with Crippen molar-refractivity contribution >= 4 is 0 Å². The highest BCUT2D eigenvalue weighted by Crippen LogP contribution is 2.13. The molecule has 0 unspecified atom stereocenters. The molecule has 19 heavy (non-hydrogen) atoms. The van der Waals surface area contributed by atoms with Crippen LogP contribution in [-0.2, 0) is 13.0 Å². The standard InChI is InChI=1S/C16H20N2O/c1-2-17-13-14-6-5-8-16(12-14)19-11-9-15-7-3-4-10-18-15/h3-8,10,12,17H,2,9,11,13H2,1H3. The average molecular weight is 256 g/mol. The number of nitrogens with one attached hydrogen (secondary N) is 1. The van der Waals surface area contributed by atoms with Gasteiger partial charge in [0.2, 0.25) is 0 Å². The van der Waals surface area contributed by atoms with E-state index < -0.39 is 0 Å². The van der Waals surface area contributed by atoms with Crippen molar-refractivity contribution in [2.75, 3.05) is 13.2 Å². The summed E-state index contributed by atoms with van der Waals surface area (Å²) in [5, 5.41) is 3.31. The zero-order valence-corrected chi connectivity index (χ0v) is 11.3. The van der Waals surface area contributed by atoms with E-state index in [9.17, 15) is 0 Å². The van der Waals surface area contributed by atoms with Gasteiger partial charge in [-0.15, -0.1) is 0 Å². The summed E-state index contributed by atoms with van der Waals surface area (Å²) in [4.78, 5) is 4.28. The normalized spacial score (nSPS) is 10.4. The maximum atomic E-state index is 5.76. The highest BCUT2D eigenvalue weighted by Gasteiger charge is 1.98. The van der Waals surface area contributed by atoms with Crippen LogP contribution in [0.2, 0.25) is 0 Å². The molecule has 2 aromatic rings. The Morgan fingerprint density at radius 1 is 1.16 bits per heavy atom. The van der Waals surface area contributed by atoms with Gasteiger partial charge in [-0.05, 0) is 36.4 Å². The fourth-order valence-electron chi connectivity index (χ4n) is 1.83. The predicted molar refractivity (Wildman–Crippen MR) is 77.3 cm³/mol. The molecule has 0 radical (unpaired) electrons. The molecule has 3 heteroatoms. The molecule has 1 aromatic carbocycles. The second kappa shape index (κ2) is 7.54. The Kier molecular flexibility index (Phi) is 5.38. The van der Waals surface area contributed by atoms with Crippen molar-refractivity contribution < 1.29 is 4.74 Å². The van der Waals surface area contributed by atoms with Crippen LogP contribution in [-0.4, -0.2) is 18.1 Å². The lowest BCUT2D eigenvalue weighted by molar-refractivity contribution is 0.320. The number of nitrogens with zero attached hydrogens (tertiary/aromatic N) is 1. The molecular weight excluding hydrogens is 236 g/mol. The van der Waals surface area contributed by atoms with Crippen molar-refractivity contribution in [3.63, 3.8) is 0 Å². The van der Waals surface area contributed by atoms with E-state index in [1.165, 1.54) is 5.56 Å². The van der Waals surface area contributed by atoms with Crippen LogP contribution >= 0.6 is 0 Å². The second-order valence-electron chi connectivity index (χ2n) is 4.35. The molecule has 0 spiro atoms. The maximum Gasteiger partial charge on any atom is 0.119 e. The van der Waals surface area contributed by atoms with Crippen LogP contribution in [0.1, 0.15) is 18.2 Å². The number of aromatic nitrogens is 1. The number of ether oxygens (including phenoxy) is 1. The van der Waals surface area contributed by atoms with Crippen molar-refractivity contribution in [3.05, 3.63) is 59.9 Å². The van der Waals surface area contributed by atoms with Crippen LogP contribution in [0.5, 0.6) is 5.75 Å². The summed E-state index contributed by atoms with van der Waals surface area (Å²) in [6.45, 7) is 4.62. The molecule has 0 aliphatic heterocycles. The number of rotatable bonds is 7. The summed E-state index contributed by atoms with van der Waals surface area (Å²) >= 11 is 0. The molecule has 0 bridgehead atoms. The van der Waals surface area contributed by atoms with Gasteiger partial charge >= 0.3 is 0 Å². The summed E-state index contributed by atoms with van der Waals surface area (Å²) < 4.78 is 5.76. The third kappa shape index (κ3) is 4.72. The van der Waals surface area contributed by atoms with Gasteiger partial charge in [0, 0.05) is 24.9 Å². The lowest BCUT2D eigenvalue weighted by Crippen LogP contribution is -2.11. The van der Waals surface area contributed by atoms with Gasteiger partial charge in [-0.25, -0.2) is 0 Å². The maximum absolute atomic E-state index is 5.76. The van der Waals surface area contributed by atoms with E-state index in [0.29, 0.717) is 6.61 Å². The van der Waals surface area contributed by atoms with E-state index in [2.05, 4.69) is 29.4 Å². The molecule has 100 valence electrons. The van der Waals surface area contributed by atoms with Gasteiger partial charge in [-0.3, -0.25) is 4.98 Å². The van der Waals surface area contributed by atoms with Crippen LogP contribution in [0.25, 0.3) is 0 Å². The smallest absolute Gasteiger partial charge is 0.119 e. The third-order valence-corrected chi connectivity index (χ3v) is 2.83. The molecule has 0 saturated heterocycles. The first-order valence-electron chi connectivity index (χ1n) is 6.71. The summed E-state index contributed by atoms with van der Waals surface area (Å²) in [6, 6.07) is 14.2. The topological polar surface area (TPSA) is 34.1 Å². The first-order chi connectivity index (χ1) is 9.38. The number of benzene rings is 1. The fourth-order valence-corrected chi connectivity index (χ4v) is 1.83. The number of hydrogen-bond acceptors (Lipinski definition) is 3. The van der Waals surface area contributed by atoms with Gasteiger partial charge in [-0.2, -0.15) is 0 Å². The van der Waals surface area contributed by atoms with Gasteiger partial charge < -0.3 is 10.1 Å². The zero-order chi connectivity index (χ0) is 13.3. The Bertz CT molecular complexity index is 485. The van der Waals surface area contributed by atoms with Crippen molar-refractivity contribution in [1.29, 1.82) is 0 Å². The minimum atomic E-state index is 0.654. The van der Waals surface area contributed by atoms with Crippen LogP contribution in [0.15, 0.2) is 48.7 Å². The number of pyridine rings is 1. The highest BCUT2D eigenvalue weighted by atomic mass is 16.5. The summed E-state index contributed by atoms with van der Waals surface area (Å²) in [5.74, 6) is 0.923. The Hall–Kier alpha value is -1.87. The molecule has 1 N–H and O–H groups in total. The lowest BCUT2D eigenvalue weighted by atomic mass is 10.2. The first kappa shape index (κ1) is 13.6. The van der Waals surface area contributed by atoms with Crippen molar-refractivity contribution in [3.8, 4) is 5.75 Å². The molecule has 0 atom stereocenters. The fraction of sp³-hybridized carbons (Fsp3) is 0.312. The molecule has 0 saturated carbocycles. The Balaban J connectivity index is 1.82. The molecule has 1 heterocycles. The van der Waals surface area contributed by atoms with E-state index in [0.717, 1.165) is 31.0 Å². The minimum absolute atomic E-state index is 0.654.